The van der Waals surface area contributed by atoms with E-state index in [4.69, 9.17) is 0 Å². The van der Waals surface area contributed by atoms with Gasteiger partial charge in [0.1, 0.15) is 0 Å². The molecule has 19 heavy (non-hydrogen) atoms. The minimum atomic E-state index is 0.777. The fourth-order valence-electron chi connectivity index (χ4n) is 1.59. The minimum absolute atomic E-state index is 0.777. The first-order valence-corrected chi connectivity index (χ1v) is 6.42. The van der Waals surface area contributed by atoms with E-state index in [0.717, 1.165) is 37.6 Å². The lowest BCUT2D eigenvalue weighted by atomic mass is 10.4. The molecule has 100 valence electrons. The molecule has 0 aromatic carbocycles. The molecule has 2 rings (SSSR count). The van der Waals surface area contributed by atoms with Crippen LogP contribution < -0.4 is 5.32 Å². The molecule has 0 amide bonds. The van der Waals surface area contributed by atoms with Gasteiger partial charge in [-0.3, -0.25) is 9.98 Å². The highest BCUT2D eigenvalue weighted by Gasteiger charge is 1.87. The summed E-state index contributed by atoms with van der Waals surface area (Å²) in [6, 6.07) is 7.90. The van der Waals surface area contributed by atoms with Gasteiger partial charge in [0.05, 0.1) is 24.5 Å². The number of hydrogen-bond donors (Lipinski definition) is 3. The van der Waals surface area contributed by atoms with E-state index in [0.29, 0.717) is 0 Å². The summed E-state index contributed by atoms with van der Waals surface area (Å²) < 4.78 is 0. The summed E-state index contributed by atoms with van der Waals surface area (Å²) in [5, 5.41) is 3.30. The number of aromatic amines is 2. The maximum absolute atomic E-state index is 4.31. The van der Waals surface area contributed by atoms with Crippen LogP contribution in [0, 0.1) is 0 Å². The summed E-state index contributed by atoms with van der Waals surface area (Å²) in [5.74, 6) is 0. The maximum Gasteiger partial charge on any atom is 0.0561 e. The van der Waals surface area contributed by atoms with Gasteiger partial charge in [-0.1, -0.05) is 0 Å². The van der Waals surface area contributed by atoms with Crippen LogP contribution in [0.1, 0.15) is 11.4 Å². The van der Waals surface area contributed by atoms with Crippen molar-refractivity contribution >= 4 is 12.4 Å². The molecular formula is C14H19N5. The molecule has 2 heterocycles. The summed E-state index contributed by atoms with van der Waals surface area (Å²) in [6.45, 7) is 3.29. The van der Waals surface area contributed by atoms with Crippen molar-refractivity contribution in [3.05, 3.63) is 48.0 Å². The number of H-pyrrole nitrogens is 2. The highest BCUT2D eigenvalue weighted by Crippen LogP contribution is 1.89. The Balaban J connectivity index is 1.48. The van der Waals surface area contributed by atoms with Gasteiger partial charge in [-0.05, 0) is 24.3 Å². The third-order valence-corrected chi connectivity index (χ3v) is 2.54. The third-order valence-electron chi connectivity index (χ3n) is 2.54. The van der Waals surface area contributed by atoms with E-state index >= 15 is 0 Å². The van der Waals surface area contributed by atoms with E-state index in [1.54, 1.807) is 0 Å². The van der Waals surface area contributed by atoms with Gasteiger partial charge in [0.15, 0.2) is 0 Å². The first-order valence-electron chi connectivity index (χ1n) is 6.42. The number of hydrogen-bond acceptors (Lipinski definition) is 3. The van der Waals surface area contributed by atoms with Crippen LogP contribution >= 0.6 is 0 Å². The van der Waals surface area contributed by atoms with Crippen LogP contribution in [0.2, 0.25) is 0 Å². The van der Waals surface area contributed by atoms with Crippen LogP contribution in [0.4, 0.5) is 0 Å². The highest BCUT2D eigenvalue weighted by atomic mass is 14.9. The van der Waals surface area contributed by atoms with Crippen LogP contribution in [0.3, 0.4) is 0 Å². The highest BCUT2D eigenvalue weighted by molar-refractivity contribution is 5.77. The van der Waals surface area contributed by atoms with E-state index in [1.807, 2.05) is 49.1 Å². The fraction of sp³-hybridized carbons (Fsp3) is 0.286. The largest absolute Gasteiger partial charge is 0.360 e. The van der Waals surface area contributed by atoms with Crippen molar-refractivity contribution in [2.45, 2.75) is 0 Å². The molecule has 0 fully saturated rings. The van der Waals surface area contributed by atoms with E-state index in [1.165, 1.54) is 0 Å². The smallest absolute Gasteiger partial charge is 0.0561 e. The fourth-order valence-corrected chi connectivity index (χ4v) is 1.59. The Hall–Kier alpha value is -2.14. The zero-order valence-corrected chi connectivity index (χ0v) is 10.8. The molecule has 2 aromatic heterocycles. The number of aromatic nitrogens is 2. The summed E-state index contributed by atoms with van der Waals surface area (Å²) in [6.07, 6.45) is 7.49. The summed E-state index contributed by atoms with van der Waals surface area (Å²) in [4.78, 5) is 14.8. The van der Waals surface area contributed by atoms with Gasteiger partial charge in [-0.2, -0.15) is 0 Å². The Morgan fingerprint density at radius 3 is 1.84 bits per heavy atom. The molecule has 5 nitrogen and oxygen atoms in total. The SMILES string of the molecule is C(=NCCNCCN=Cc1ccc[nH]1)c1ccc[nH]1. The Kier molecular flexibility index (Phi) is 5.63. The predicted molar refractivity (Wildman–Crippen MR) is 79.4 cm³/mol. The van der Waals surface area contributed by atoms with Gasteiger partial charge in [0.25, 0.3) is 0 Å². The molecule has 0 unspecified atom stereocenters. The second-order valence-electron chi connectivity index (χ2n) is 4.07. The zero-order valence-electron chi connectivity index (χ0n) is 10.8. The van der Waals surface area contributed by atoms with Crippen LogP contribution in [0.25, 0.3) is 0 Å². The molecule has 0 aliphatic heterocycles. The molecule has 0 aliphatic rings. The summed E-state index contributed by atoms with van der Waals surface area (Å²) >= 11 is 0. The van der Waals surface area contributed by atoms with Gasteiger partial charge in [0.2, 0.25) is 0 Å². The first kappa shape index (κ1) is 13.3. The van der Waals surface area contributed by atoms with E-state index in [9.17, 15) is 0 Å². The topological polar surface area (TPSA) is 68.3 Å². The van der Waals surface area contributed by atoms with Crippen LogP contribution in [0.5, 0.6) is 0 Å². The van der Waals surface area contributed by atoms with Gasteiger partial charge in [-0.15, -0.1) is 0 Å². The van der Waals surface area contributed by atoms with Crippen molar-refractivity contribution in [3.63, 3.8) is 0 Å². The van der Waals surface area contributed by atoms with Gasteiger partial charge >= 0.3 is 0 Å². The molecule has 0 saturated heterocycles. The van der Waals surface area contributed by atoms with Gasteiger partial charge in [-0.25, -0.2) is 0 Å². The van der Waals surface area contributed by atoms with Crippen molar-refractivity contribution in [2.24, 2.45) is 9.98 Å². The Bertz CT molecular complexity index is 436. The quantitative estimate of drug-likeness (QED) is 0.486. The molecule has 0 radical (unpaired) electrons. The Morgan fingerprint density at radius 1 is 0.895 bits per heavy atom. The van der Waals surface area contributed by atoms with E-state index in [-0.39, 0.29) is 0 Å². The second-order valence-corrected chi connectivity index (χ2v) is 4.07. The maximum atomic E-state index is 4.31. The predicted octanol–water partition coefficient (Wildman–Crippen LogP) is 1.47. The average Bonchev–Trinajstić information content (AvgIpc) is 3.10. The normalized spacial score (nSPS) is 11.8. The number of nitrogens with one attached hydrogen (secondary N) is 3. The van der Waals surface area contributed by atoms with Crippen molar-refractivity contribution in [1.29, 1.82) is 0 Å². The molecule has 5 heteroatoms. The molecule has 3 N–H and O–H groups in total. The molecule has 0 atom stereocenters. The monoisotopic (exact) mass is 257 g/mol. The zero-order chi connectivity index (χ0) is 13.2. The summed E-state index contributed by atoms with van der Waals surface area (Å²) in [7, 11) is 0. The molecule has 0 bridgehead atoms. The minimum Gasteiger partial charge on any atom is -0.360 e. The Morgan fingerprint density at radius 2 is 1.42 bits per heavy atom. The standard InChI is InChI=1S/C14H19N5/c1-3-13(18-5-1)11-16-9-7-15-8-10-17-12-14-4-2-6-19-14/h1-6,11-12,15,18-19H,7-10H2. The molecular weight excluding hydrogens is 238 g/mol. The number of rotatable bonds is 8. The lowest BCUT2D eigenvalue weighted by Crippen LogP contribution is -2.20. The summed E-state index contributed by atoms with van der Waals surface area (Å²) in [5.41, 5.74) is 2.08. The van der Waals surface area contributed by atoms with Gasteiger partial charge < -0.3 is 15.3 Å². The Labute approximate surface area is 112 Å². The van der Waals surface area contributed by atoms with E-state index in [2.05, 4.69) is 25.3 Å². The lowest BCUT2D eigenvalue weighted by molar-refractivity contribution is 0.699. The molecule has 0 aliphatic carbocycles. The molecule has 2 aromatic rings. The van der Waals surface area contributed by atoms with Crippen molar-refractivity contribution in [3.8, 4) is 0 Å². The lowest BCUT2D eigenvalue weighted by Gasteiger charge is -1.98. The van der Waals surface area contributed by atoms with Crippen molar-refractivity contribution in [1.82, 2.24) is 15.3 Å². The van der Waals surface area contributed by atoms with Gasteiger partial charge in [0, 0.05) is 37.9 Å². The molecule has 0 saturated carbocycles. The molecule has 0 spiro atoms. The second kappa shape index (κ2) is 8.05. The number of aliphatic imine (C=N–C) groups is 2. The number of nitrogens with zero attached hydrogens (tertiary/aromatic N) is 2. The van der Waals surface area contributed by atoms with Crippen LogP contribution in [-0.2, 0) is 0 Å². The third kappa shape index (κ3) is 5.35. The average molecular weight is 257 g/mol. The van der Waals surface area contributed by atoms with Crippen molar-refractivity contribution < 1.29 is 0 Å². The van der Waals surface area contributed by atoms with Crippen LogP contribution in [-0.4, -0.2) is 48.6 Å². The van der Waals surface area contributed by atoms with Crippen LogP contribution in [0.15, 0.2) is 46.6 Å². The van der Waals surface area contributed by atoms with E-state index < -0.39 is 0 Å². The first-order chi connectivity index (χ1) is 9.45. The van der Waals surface area contributed by atoms with Crippen molar-refractivity contribution in [2.75, 3.05) is 26.2 Å².